The Hall–Kier alpha value is -2.94. The molecule has 8 nitrogen and oxygen atoms in total. The molecular formula is C28H32ClN5O3. The third kappa shape index (κ3) is 4.98. The first-order valence-electron chi connectivity index (χ1n) is 13.0. The molecule has 0 spiro atoms. The average Bonchev–Trinajstić information content (AvgIpc) is 3.17. The van der Waals surface area contributed by atoms with Gasteiger partial charge in [0.15, 0.2) is 0 Å². The number of rotatable bonds is 7. The predicted octanol–water partition coefficient (Wildman–Crippen LogP) is 4.50. The van der Waals surface area contributed by atoms with Gasteiger partial charge in [-0.2, -0.15) is 0 Å². The van der Waals surface area contributed by atoms with Gasteiger partial charge in [0.25, 0.3) is 0 Å². The maximum absolute atomic E-state index is 12.2. The van der Waals surface area contributed by atoms with Crippen LogP contribution in [0.3, 0.4) is 0 Å². The molecule has 2 saturated heterocycles. The summed E-state index contributed by atoms with van der Waals surface area (Å²) in [5, 5.41) is 14.1. The van der Waals surface area contributed by atoms with Crippen molar-refractivity contribution in [2.24, 2.45) is 5.92 Å². The number of benzene rings is 1. The normalized spacial score (nSPS) is 28.9. The average molecular weight is 522 g/mol. The Balaban J connectivity index is 1.04. The van der Waals surface area contributed by atoms with Crippen LogP contribution in [0.4, 0.5) is 0 Å². The van der Waals surface area contributed by atoms with Crippen molar-refractivity contribution < 1.29 is 14.3 Å². The van der Waals surface area contributed by atoms with Crippen molar-refractivity contribution in [3.05, 3.63) is 70.7 Å². The van der Waals surface area contributed by atoms with Crippen LogP contribution in [0, 0.1) is 5.92 Å². The third-order valence-electron chi connectivity index (χ3n) is 8.00. The van der Waals surface area contributed by atoms with E-state index in [1.807, 2.05) is 35.3 Å². The minimum absolute atomic E-state index is 0.00417. The molecule has 2 fully saturated rings. The second-order valence-electron chi connectivity index (χ2n) is 10.6. The molecule has 0 unspecified atom stereocenters. The number of nitrogens with zero attached hydrogens (tertiary/aromatic N) is 3. The quantitative estimate of drug-likeness (QED) is 0.156. The molecule has 4 heterocycles. The lowest BCUT2D eigenvalue weighted by atomic mass is 9.84. The van der Waals surface area contributed by atoms with E-state index in [9.17, 15) is 4.79 Å². The summed E-state index contributed by atoms with van der Waals surface area (Å²) in [4.78, 5) is 15.5. The highest BCUT2D eigenvalue weighted by atomic mass is 35.5. The third-order valence-corrected chi connectivity index (χ3v) is 8.23. The SMILES string of the molecule is C=C1C(=O)O[C@H]2[C@H]1CC/C(Cn1cc(CNCCc3c[nH]c4ccc(Cl)cc34)nn1)=C\CC[C@@]1(C)O[C@@H]21. The number of aromatic amines is 1. The lowest BCUT2D eigenvalue weighted by molar-refractivity contribution is -0.140. The van der Waals surface area contributed by atoms with Gasteiger partial charge in [0.05, 0.1) is 24.0 Å². The minimum Gasteiger partial charge on any atom is -0.455 e. The van der Waals surface area contributed by atoms with Gasteiger partial charge in [-0.05, 0) is 69.3 Å². The fourth-order valence-corrected chi connectivity index (χ4v) is 5.94. The lowest BCUT2D eigenvalue weighted by Gasteiger charge is -2.20. The number of halogens is 1. The highest BCUT2D eigenvalue weighted by Gasteiger charge is 2.61. The van der Waals surface area contributed by atoms with Crippen LogP contribution in [0.2, 0.25) is 5.02 Å². The summed E-state index contributed by atoms with van der Waals surface area (Å²) in [5.74, 6) is -0.274. The van der Waals surface area contributed by atoms with E-state index in [-0.39, 0.29) is 29.7 Å². The number of nitrogens with one attached hydrogen (secondary N) is 2. The van der Waals surface area contributed by atoms with E-state index in [1.165, 1.54) is 16.5 Å². The largest absolute Gasteiger partial charge is 0.455 e. The van der Waals surface area contributed by atoms with Gasteiger partial charge in [0.2, 0.25) is 0 Å². The Morgan fingerprint density at radius 1 is 1.38 bits per heavy atom. The summed E-state index contributed by atoms with van der Waals surface area (Å²) in [6, 6.07) is 5.91. The molecule has 3 aliphatic rings. The number of carbonyl (C=O) groups is 1. The molecule has 3 aromatic rings. The number of H-pyrrole nitrogens is 1. The first-order valence-corrected chi connectivity index (χ1v) is 13.4. The standard InChI is InChI=1S/C28H32ClN5O3/c1-17-22-7-5-18(4-3-10-28(2)26(37-28)25(22)36-27(17)35)15-34-16-21(32-33-34)14-30-11-9-19-13-31-24-8-6-20(29)12-23(19)24/h4,6,8,12-13,16,22,25-26,30-31H,1,3,5,7,9-11,14-15H2,2H3/b18-4+/t22-,25-,26-,28+/m0/s1. The van der Waals surface area contributed by atoms with Crippen LogP contribution in [-0.4, -0.2) is 50.3 Å². The number of allylic oxidation sites excluding steroid dienone is 2. The van der Waals surface area contributed by atoms with Gasteiger partial charge >= 0.3 is 5.97 Å². The topological polar surface area (TPSA) is 97.4 Å². The van der Waals surface area contributed by atoms with Crippen LogP contribution >= 0.6 is 11.6 Å². The number of carbonyl (C=O) groups excluding carboxylic acids is 1. The van der Waals surface area contributed by atoms with Gasteiger partial charge in [-0.1, -0.05) is 35.0 Å². The maximum Gasteiger partial charge on any atom is 0.334 e. The summed E-state index contributed by atoms with van der Waals surface area (Å²) in [7, 11) is 0. The van der Waals surface area contributed by atoms with Gasteiger partial charge in [-0.15, -0.1) is 5.10 Å². The van der Waals surface area contributed by atoms with Crippen LogP contribution in [-0.2, 0) is 33.8 Å². The van der Waals surface area contributed by atoms with Gasteiger partial charge in [0, 0.05) is 40.2 Å². The Labute approximate surface area is 221 Å². The van der Waals surface area contributed by atoms with Crippen molar-refractivity contribution in [1.82, 2.24) is 25.3 Å². The van der Waals surface area contributed by atoms with Gasteiger partial charge in [-0.3, -0.25) is 0 Å². The molecule has 0 radical (unpaired) electrons. The predicted molar refractivity (Wildman–Crippen MR) is 141 cm³/mol. The van der Waals surface area contributed by atoms with Crippen molar-refractivity contribution in [2.45, 2.75) is 69.9 Å². The number of esters is 1. The van der Waals surface area contributed by atoms with Crippen LogP contribution in [0.15, 0.2) is 54.4 Å². The van der Waals surface area contributed by atoms with Crippen LogP contribution in [0.25, 0.3) is 10.9 Å². The van der Waals surface area contributed by atoms with Crippen LogP contribution in [0.5, 0.6) is 0 Å². The summed E-state index contributed by atoms with van der Waals surface area (Å²) >= 11 is 6.16. The monoisotopic (exact) mass is 521 g/mol. The Morgan fingerprint density at radius 2 is 2.27 bits per heavy atom. The molecular weight excluding hydrogens is 490 g/mol. The summed E-state index contributed by atoms with van der Waals surface area (Å²) in [5.41, 5.74) is 4.89. The van der Waals surface area contributed by atoms with E-state index in [0.717, 1.165) is 54.9 Å². The van der Waals surface area contributed by atoms with Crippen molar-refractivity contribution in [3.63, 3.8) is 0 Å². The minimum atomic E-state index is -0.278. The first kappa shape index (κ1) is 24.4. The molecule has 2 aromatic heterocycles. The van der Waals surface area contributed by atoms with Crippen LogP contribution < -0.4 is 5.32 Å². The second-order valence-corrected chi connectivity index (χ2v) is 11.1. The van der Waals surface area contributed by atoms with Gasteiger partial charge < -0.3 is 19.8 Å². The van der Waals surface area contributed by atoms with Crippen molar-refractivity contribution >= 4 is 28.5 Å². The molecule has 2 N–H and O–H groups in total. The van der Waals surface area contributed by atoms with Crippen molar-refractivity contribution in [1.29, 1.82) is 0 Å². The van der Waals surface area contributed by atoms with Crippen molar-refractivity contribution in [2.75, 3.05) is 6.54 Å². The molecule has 1 aromatic carbocycles. The lowest BCUT2D eigenvalue weighted by Crippen LogP contribution is -2.29. The highest BCUT2D eigenvalue weighted by molar-refractivity contribution is 6.31. The van der Waals surface area contributed by atoms with E-state index >= 15 is 0 Å². The van der Waals surface area contributed by atoms with Crippen molar-refractivity contribution in [3.8, 4) is 0 Å². The highest BCUT2D eigenvalue weighted by Crippen LogP contribution is 2.49. The second kappa shape index (κ2) is 9.74. The van der Waals surface area contributed by atoms with Gasteiger partial charge in [-0.25, -0.2) is 9.48 Å². The molecule has 37 heavy (non-hydrogen) atoms. The zero-order valence-corrected chi connectivity index (χ0v) is 21.8. The number of epoxide rings is 1. The zero-order valence-electron chi connectivity index (χ0n) is 21.0. The number of fused-ring (bicyclic) bond motifs is 4. The first-order chi connectivity index (χ1) is 17.9. The van der Waals surface area contributed by atoms with E-state index < -0.39 is 0 Å². The van der Waals surface area contributed by atoms with Gasteiger partial charge in [0.1, 0.15) is 12.2 Å². The number of hydrogen-bond acceptors (Lipinski definition) is 6. The molecule has 194 valence electrons. The Bertz CT molecular complexity index is 1380. The molecule has 6 rings (SSSR count). The smallest absolute Gasteiger partial charge is 0.334 e. The van der Waals surface area contributed by atoms with E-state index in [1.54, 1.807) is 0 Å². The molecule has 1 aliphatic carbocycles. The number of aromatic nitrogens is 4. The molecule has 4 atom stereocenters. The van der Waals surface area contributed by atoms with E-state index in [0.29, 0.717) is 18.7 Å². The summed E-state index contributed by atoms with van der Waals surface area (Å²) in [6.45, 7) is 8.29. The Morgan fingerprint density at radius 3 is 3.16 bits per heavy atom. The molecule has 0 saturated carbocycles. The molecule has 0 amide bonds. The van der Waals surface area contributed by atoms with Crippen LogP contribution in [0.1, 0.15) is 43.9 Å². The number of ether oxygens (including phenoxy) is 2. The number of hydrogen-bond donors (Lipinski definition) is 2. The summed E-state index contributed by atoms with van der Waals surface area (Å²) in [6.07, 6.45) is 10.5. The molecule has 2 aliphatic heterocycles. The van der Waals surface area contributed by atoms with E-state index in [4.69, 9.17) is 21.1 Å². The molecule has 9 heteroatoms. The summed E-state index contributed by atoms with van der Waals surface area (Å²) < 4.78 is 13.6. The fraction of sp³-hybridized carbons (Fsp3) is 0.464. The molecule has 0 bridgehead atoms. The fourth-order valence-electron chi connectivity index (χ4n) is 5.77. The zero-order chi connectivity index (χ0) is 25.6. The maximum atomic E-state index is 12.2. The Kier molecular flexibility index (Phi) is 6.42. The van der Waals surface area contributed by atoms with E-state index in [2.05, 4.69) is 40.2 Å².